The first kappa shape index (κ1) is 11.0. The van der Waals surface area contributed by atoms with Crippen molar-refractivity contribution in [2.24, 2.45) is 0 Å². The van der Waals surface area contributed by atoms with Crippen molar-refractivity contribution in [1.29, 1.82) is 0 Å². The highest BCUT2D eigenvalue weighted by Gasteiger charge is 2.08. The summed E-state index contributed by atoms with van der Waals surface area (Å²) in [5.74, 6) is 2.16. The van der Waals surface area contributed by atoms with Crippen molar-refractivity contribution in [3.63, 3.8) is 0 Å². The highest BCUT2D eigenvalue weighted by Crippen LogP contribution is 1.99. The molecule has 12 heavy (non-hydrogen) atoms. The number of hydrogen-bond acceptors (Lipinski definition) is 2. The molecule has 3 heteroatoms. The Kier molecular flexibility index (Phi) is 4.38. The summed E-state index contributed by atoms with van der Waals surface area (Å²) in [7, 11) is 0. The molecule has 3 nitrogen and oxygen atoms in total. The molecule has 0 unspecified atom stereocenters. The first-order valence-corrected chi connectivity index (χ1v) is 3.89. The molecular formula is C9H15NO2. The van der Waals surface area contributed by atoms with Gasteiger partial charge in [-0.3, -0.25) is 4.79 Å². The number of carbonyl (C=O) groups excluding carboxylic acids is 1. The topological polar surface area (TPSA) is 40.5 Å². The molecule has 1 aliphatic heterocycles. The van der Waals surface area contributed by atoms with Crippen molar-refractivity contribution in [1.82, 2.24) is 4.90 Å². The molecule has 0 saturated carbocycles. The zero-order chi connectivity index (χ0) is 9.61. The van der Waals surface area contributed by atoms with Crippen LogP contribution in [0.15, 0.2) is 0 Å². The molecule has 1 N–H and O–H groups in total. The summed E-state index contributed by atoms with van der Waals surface area (Å²) >= 11 is 0. The van der Waals surface area contributed by atoms with E-state index in [1.807, 2.05) is 0 Å². The van der Waals surface area contributed by atoms with Crippen molar-refractivity contribution in [3.8, 4) is 12.3 Å². The Morgan fingerprint density at radius 1 is 1.58 bits per heavy atom. The van der Waals surface area contributed by atoms with Gasteiger partial charge < -0.3 is 10.0 Å². The van der Waals surface area contributed by atoms with Crippen LogP contribution in [0.1, 0.15) is 20.3 Å². The fraction of sp³-hybridized carbons (Fsp3) is 0.667. The van der Waals surface area contributed by atoms with Crippen LogP contribution in [0, 0.1) is 12.3 Å². The van der Waals surface area contributed by atoms with E-state index in [-0.39, 0.29) is 0 Å². The van der Waals surface area contributed by atoms with Gasteiger partial charge in [0.25, 0.3) is 0 Å². The van der Waals surface area contributed by atoms with Gasteiger partial charge in [0.1, 0.15) is 5.60 Å². The molecule has 68 valence electrons. The predicted molar refractivity (Wildman–Crippen MR) is 47.4 cm³/mol. The summed E-state index contributed by atoms with van der Waals surface area (Å²) in [6.07, 6.45) is 6.89. The molecule has 1 rings (SSSR count). The molecule has 1 aliphatic rings. The Hall–Kier alpha value is -1.01. The van der Waals surface area contributed by atoms with Crippen molar-refractivity contribution < 1.29 is 9.90 Å². The van der Waals surface area contributed by atoms with E-state index >= 15 is 0 Å². The van der Waals surface area contributed by atoms with E-state index in [1.165, 1.54) is 6.42 Å². The minimum Gasteiger partial charge on any atom is -0.378 e. The lowest BCUT2D eigenvalue weighted by Crippen LogP contribution is -2.35. The molecule has 1 amide bonds. The van der Waals surface area contributed by atoms with Gasteiger partial charge in [0.2, 0.25) is 6.41 Å². The van der Waals surface area contributed by atoms with E-state index in [9.17, 15) is 4.79 Å². The lowest BCUT2D eigenvalue weighted by molar-refractivity contribution is -0.121. The first-order chi connectivity index (χ1) is 5.49. The monoisotopic (exact) mass is 169 g/mol. The Morgan fingerprint density at radius 2 is 2.00 bits per heavy atom. The van der Waals surface area contributed by atoms with Gasteiger partial charge in [-0.25, -0.2) is 0 Å². The zero-order valence-electron chi connectivity index (χ0n) is 7.58. The van der Waals surface area contributed by atoms with Crippen molar-refractivity contribution in [3.05, 3.63) is 0 Å². The van der Waals surface area contributed by atoms with E-state index in [0.717, 1.165) is 19.5 Å². The Morgan fingerprint density at radius 3 is 2.00 bits per heavy atom. The van der Waals surface area contributed by atoms with Crippen LogP contribution in [-0.2, 0) is 4.79 Å². The van der Waals surface area contributed by atoms with Crippen LogP contribution in [-0.4, -0.2) is 35.1 Å². The predicted octanol–water partition coefficient (Wildman–Crippen LogP) is 0.239. The summed E-state index contributed by atoms with van der Waals surface area (Å²) in [6.45, 7) is 5.08. The molecule has 1 fully saturated rings. The zero-order valence-corrected chi connectivity index (χ0v) is 7.58. The second kappa shape index (κ2) is 4.78. The number of likely N-dealkylation sites (tertiary alicyclic amines) is 1. The maximum atomic E-state index is 9.71. The van der Waals surface area contributed by atoms with Crippen molar-refractivity contribution >= 4 is 6.41 Å². The van der Waals surface area contributed by atoms with Gasteiger partial charge in [0, 0.05) is 13.1 Å². The largest absolute Gasteiger partial charge is 0.378 e. The highest BCUT2D eigenvalue weighted by molar-refractivity contribution is 5.48. The smallest absolute Gasteiger partial charge is 0.209 e. The van der Waals surface area contributed by atoms with Crippen LogP contribution in [0.5, 0.6) is 0 Å². The van der Waals surface area contributed by atoms with E-state index in [0.29, 0.717) is 0 Å². The minimum absolute atomic E-state index is 0.892. The van der Waals surface area contributed by atoms with Crippen LogP contribution >= 0.6 is 0 Å². The third-order valence-electron chi connectivity index (χ3n) is 1.39. The summed E-state index contributed by atoms with van der Waals surface area (Å²) < 4.78 is 0. The number of amides is 1. The number of aliphatic hydroxyl groups is 1. The van der Waals surface area contributed by atoms with Crippen LogP contribution in [0.4, 0.5) is 0 Å². The SMILES string of the molecule is C#CC(C)(C)O.O=CN1CCC1. The van der Waals surface area contributed by atoms with Gasteiger partial charge in [0.15, 0.2) is 0 Å². The third-order valence-corrected chi connectivity index (χ3v) is 1.39. The average molecular weight is 169 g/mol. The van der Waals surface area contributed by atoms with Gasteiger partial charge in [-0.15, -0.1) is 6.42 Å². The standard InChI is InChI=1S/C5H8O.C4H7NO/c1-4-5(2,3)6;6-4-5-2-1-3-5/h1,6H,2-3H3;4H,1-3H2. The molecule has 0 aromatic heterocycles. The normalized spacial score (nSPS) is 15.0. The lowest BCUT2D eigenvalue weighted by Gasteiger charge is -2.25. The van der Waals surface area contributed by atoms with Gasteiger partial charge in [0.05, 0.1) is 0 Å². The number of terminal acetylenes is 1. The number of rotatable bonds is 1. The minimum atomic E-state index is -0.931. The maximum absolute atomic E-state index is 9.71. The lowest BCUT2D eigenvalue weighted by atomic mass is 10.2. The molecule has 0 radical (unpaired) electrons. The van der Waals surface area contributed by atoms with Crippen LogP contribution in [0.25, 0.3) is 0 Å². The molecule has 0 aromatic carbocycles. The fourth-order valence-electron chi connectivity index (χ4n) is 0.446. The summed E-state index contributed by atoms with van der Waals surface area (Å²) in [4.78, 5) is 11.5. The Bertz CT molecular complexity index is 172. The van der Waals surface area contributed by atoms with Crippen LogP contribution < -0.4 is 0 Å². The third kappa shape index (κ3) is 5.75. The second-order valence-electron chi connectivity index (χ2n) is 3.20. The van der Waals surface area contributed by atoms with E-state index in [2.05, 4.69) is 5.92 Å². The van der Waals surface area contributed by atoms with Gasteiger partial charge >= 0.3 is 0 Å². The second-order valence-corrected chi connectivity index (χ2v) is 3.20. The number of hydrogen-bond donors (Lipinski definition) is 1. The van der Waals surface area contributed by atoms with Gasteiger partial charge in [-0.2, -0.15) is 0 Å². The Labute approximate surface area is 73.4 Å². The van der Waals surface area contributed by atoms with Crippen LogP contribution in [0.3, 0.4) is 0 Å². The fourth-order valence-corrected chi connectivity index (χ4v) is 0.446. The van der Waals surface area contributed by atoms with E-state index < -0.39 is 5.60 Å². The molecule has 0 aliphatic carbocycles. The quantitative estimate of drug-likeness (QED) is 0.451. The highest BCUT2D eigenvalue weighted by atomic mass is 16.3. The van der Waals surface area contributed by atoms with Crippen molar-refractivity contribution in [2.75, 3.05) is 13.1 Å². The van der Waals surface area contributed by atoms with Gasteiger partial charge in [-0.05, 0) is 20.3 Å². The molecule has 0 atom stereocenters. The first-order valence-electron chi connectivity index (χ1n) is 3.89. The molecule has 1 heterocycles. The Balaban J connectivity index is 0.000000202. The maximum Gasteiger partial charge on any atom is 0.209 e. The van der Waals surface area contributed by atoms with E-state index in [4.69, 9.17) is 11.5 Å². The summed E-state index contributed by atoms with van der Waals surface area (Å²) in [5.41, 5.74) is -0.931. The van der Waals surface area contributed by atoms with E-state index in [1.54, 1.807) is 18.7 Å². The molecule has 1 saturated heterocycles. The molecule has 0 bridgehead atoms. The summed E-state index contributed by atoms with van der Waals surface area (Å²) in [5, 5.41) is 8.59. The molecule has 0 aromatic rings. The molecule has 0 spiro atoms. The average Bonchev–Trinajstić information content (AvgIpc) is 1.85. The van der Waals surface area contributed by atoms with Crippen LogP contribution in [0.2, 0.25) is 0 Å². The number of carbonyl (C=O) groups is 1. The summed E-state index contributed by atoms with van der Waals surface area (Å²) in [6, 6.07) is 0. The number of nitrogens with zero attached hydrogens (tertiary/aromatic N) is 1. The molecular weight excluding hydrogens is 154 g/mol. The van der Waals surface area contributed by atoms with Crippen molar-refractivity contribution in [2.45, 2.75) is 25.9 Å². The van der Waals surface area contributed by atoms with Gasteiger partial charge in [-0.1, -0.05) is 5.92 Å².